The van der Waals surface area contributed by atoms with Crippen LogP contribution in [-0.4, -0.2) is 82.9 Å². The van der Waals surface area contributed by atoms with Crippen molar-refractivity contribution in [2.75, 3.05) is 45.6 Å². The Kier molecular flexibility index (Phi) is 8.88. The van der Waals surface area contributed by atoms with Crippen LogP contribution in [-0.2, 0) is 0 Å². The Bertz CT molecular complexity index is 1330. The van der Waals surface area contributed by atoms with Crippen molar-refractivity contribution in [3.8, 4) is 5.75 Å². The van der Waals surface area contributed by atoms with Crippen LogP contribution in [0.4, 0.5) is 5.82 Å². The number of nitrogens with zero attached hydrogens (tertiary/aromatic N) is 5. The van der Waals surface area contributed by atoms with Crippen LogP contribution >= 0.6 is 0 Å². The minimum atomic E-state index is -0.382. The van der Waals surface area contributed by atoms with Crippen molar-refractivity contribution < 1.29 is 14.3 Å². The van der Waals surface area contributed by atoms with Crippen molar-refractivity contribution >= 4 is 17.6 Å². The summed E-state index contributed by atoms with van der Waals surface area (Å²) in [6, 6.07) is 7.98. The molecule has 2 N–H and O–H groups in total. The third-order valence-corrected chi connectivity index (χ3v) is 6.65. The molecule has 2 amide bonds. The molecule has 1 aliphatic rings. The van der Waals surface area contributed by atoms with E-state index in [9.17, 15) is 9.59 Å². The van der Waals surface area contributed by atoms with Gasteiger partial charge < -0.3 is 20.3 Å². The number of anilines is 1. The quantitative estimate of drug-likeness (QED) is 0.456. The highest BCUT2D eigenvalue weighted by atomic mass is 16.5. The van der Waals surface area contributed by atoms with E-state index in [1.165, 1.54) is 11.1 Å². The summed E-state index contributed by atoms with van der Waals surface area (Å²) in [6.45, 7) is 11.3. The first-order chi connectivity index (χ1) is 18.6. The van der Waals surface area contributed by atoms with Crippen LogP contribution in [0.1, 0.15) is 56.3 Å². The average Bonchev–Trinajstić information content (AvgIpc) is 2.89. The predicted octanol–water partition coefficient (Wildman–Crippen LogP) is 3.16. The highest BCUT2D eigenvalue weighted by molar-refractivity contribution is 6.04. The largest absolute Gasteiger partial charge is 0.481 e. The molecule has 0 spiro atoms. The number of carbonyl (C=O) groups is 2. The number of hydrogen-bond donors (Lipinski definition) is 2. The first kappa shape index (κ1) is 28.1. The van der Waals surface area contributed by atoms with E-state index < -0.39 is 0 Å². The van der Waals surface area contributed by atoms with Crippen molar-refractivity contribution in [2.24, 2.45) is 0 Å². The summed E-state index contributed by atoms with van der Waals surface area (Å²) in [5.74, 6) is 0.420. The molecule has 206 valence electrons. The Morgan fingerprint density at radius 2 is 1.90 bits per heavy atom. The molecule has 1 fully saturated rings. The number of amides is 2. The van der Waals surface area contributed by atoms with Gasteiger partial charge in [0, 0.05) is 58.7 Å². The summed E-state index contributed by atoms with van der Waals surface area (Å²) < 4.78 is 6.42. The molecule has 1 saturated heterocycles. The van der Waals surface area contributed by atoms with Crippen molar-refractivity contribution in [3.05, 3.63) is 76.5 Å². The van der Waals surface area contributed by atoms with Gasteiger partial charge in [0.15, 0.2) is 6.10 Å². The van der Waals surface area contributed by atoms with Crippen LogP contribution in [0.25, 0.3) is 0 Å². The second-order valence-electron chi connectivity index (χ2n) is 10.4. The van der Waals surface area contributed by atoms with Gasteiger partial charge in [-0.3, -0.25) is 19.5 Å². The molecule has 3 aromatic heterocycles. The molecule has 0 radical (unpaired) electrons. The molecule has 10 nitrogen and oxygen atoms in total. The summed E-state index contributed by atoms with van der Waals surface area (Å²) in [5.41, 5.74) is 4.03. The van der Waals surface area contributed by atoms with Crippen LogP contribution in [0.3, 0.4) is 0 Å². The van der Waals surface area contributed by atoms with Gasteiger partial charge in [0.05, 0.1) is 17.5 Å². The smallest absolute Gasteiger partial charge is 0.275 e. The molecule has 0 aliphatic carbocycles. The fourth-order valence-electron chi connectivity index (χ4n) is 4.54. The first-order valence-corrected chi connectivity index (χ1v) is 13.1. The zero-order valence-electron chi connectivity index (χ0n) is 23.5. The monoisotopic (exact) mass is 531 g/mol. The minimum absolute atomic E-state index is 0.151. The van der Waals surface area contributed by atoms with Gasteiger partial charge in [0.25, 0.3) is 11.8 Å². The highest BCUT2D eigenvalue weighted by Gasteiger charge is 2.24. The lowest BCUT2D eigenvalue weighted by Gasteiger charge is -2.34. The van der Waals surface area contributed by atoms with Gasteiger partial charge >= 0.3 is 0 Å². The zero-order valence-corrected chi connectivity index (χ0v) is 23.5. The van der Waals surface area contributed by atoms with Gasteiger partial charge in [-0.15, -0.1) is 0 Å². The molecule has 4 rings (SSSR count). The van der Waals surface area contributed by atoms with Crippen molar-refractivity contribution in [1.82, 2.24) is 30.1 Å². The summed E-state index contributed by atoms with van der Waals surface area (Å²) in [4.78, 5) is 42.4. The maximum absolute atomic E-state index is 13.0. The Labute approximate surface area is 229 Å². The molecule has 1 aliphatic heterocycles. The molecule has 10 heteroatoms. The lowest BCUT2D eigenvalue weighted by Crippen LogP contribution is -2.50. The summed E-state index contributed by atoms with van der Waals surface area (Å²) in [5, 5.41) is 6.28. The summed E-state index contributed by atoms with van der Waals surface area (Å²) in [7, 11) is 3.36. The Balaban J connectivity index is 1.49. The Morgan fingerprint density at radius 3 is 2.54 bits per heavy atom. The SMILES string of the molecule is Cc1ccc([C@@H](CN2CCN[C@H](C)C2)Oc2cnc(C(=O)Nc3ncc(C(=O)N(C)C)cc3C)c(C)c2)nc1. The maximum atomic E-state index is 13.0. The van der Waals surface area contributed by atoms with Crippen molar-refractivity contribution in [2.45, 2.75) is 39.8 Å². The van der Waals surface area contributed by atoms with Gasteiger partial charge in [-0.1, -0.05) is 6.07 Å². The number of hydrogen-bond acceptors (Lipinski definition) is 8. The van der Waals surface area contributed by atoms with Crippen molar-refractivity contribution in [3.63, 3.8) is 0 Å². The van der Waals surface area contributed by atoms with Crippen molar-refractivity contribution in [1.29, 1.82) is 0 Å². The zero-order chi connectivity index (χ0) is 28.1. The van der Waals surface area contributed by atoms with E-state index >= 15 is 0 Å². The highest BCUT2D eigenvalue weighted by Crippen LogP contribution is 2.24. The number of pyridine rings is 3. The third-order valence-electron chi connectivity index (χ3n) is 6.65. The van der Waals surface area contributed by atoms with Crippen LogP contribution in [0.15, 0.2) is 42.9 Å². The molecule has 0 saturated carbocycles. The van der Waals surface area contributed by atoms with Gasteiger partial charge in [-0.05, 0) is 62.6 Å². The van der Waals surface area contributed by atoms with Gasteiger partial charge in [-0.2, -0.15) is 0 Å². The molecule has 2 atom stereocenters. The van der Waals surface area contributed by atoms with E-state index in [0.29, 0.717) is 40.8 Å². The number of carbonyl (C=O) groups excluding carboxylic acids is 2. The predicted molar refractivity (Wildman–Crippen MR) is 150 cm³/mol. The lowest BCUT2D eigenvalue weighted by molar-refractivity contribution is 0.0827. The summed E-state index contributed by atoms with van der Waals surface area (Å²) >= 11 is 0. The number of ether oxygens (including phenoxy) is 1. The third kappa shape index (κ3) is 7.15. The van der Waals surface area contributed by atoms with Gasteiger partial charge in [0.1, 0.15) is 17.3 Å². The Morgan fingerprint density at radius 1 is 1.10 bits per heavy atom. The number of piperazine rings is 1. The average molecular weight is 532 g/mol. The first-order valence-electron chi connectivity index (χ1n) is 13.1. The van der Waals surface area contributed by atoms with E-state index in [4.69, 9.17) is 4.74 Å². The summed E-state index contributed by atoms with van der Waals surface area (Å²) in [6.07, 6.45) is 4.59. The molecule has 0 aromatic carbocycles. The second-order valence-corrected chi connectivity index (χ2v) is 10.4. The second kappa shape index (κ2) is 12.3. The molecular formula is C29H37N7O3. The van der Waals surface area contributed by atoms with Crippen LogP contribution in [0, 0.1) is 20.8 Å². The van der Waals surface area contributed by atoms with E-state index in [2.05, 4.69) is 37.4 Å². The van der Waals surface area contributed by atoms with Crippen LogP contribution < -0.4 is 15.4 Å². The van der Waals surface area contributed by atoms with E-state index in [0.717, 1.165) is 30.9 Å². The van der Waals surface area contributed by atoms with Crippen LogP contribution in [0.2, 0.25) is 0 Å². The normalized spacial score (nSPS) is 16.4. The van der Waals surface area contributed by atoms with Gasteiger partial charge in [0.2, 0.25) is 0 Å². The molecule has 4 heterocycles. The van der Waals surface area contributed by atoms with Gasteiger partial charge in [-0.25, -0.2) is 9.97 Å². The fourth-order valence-corrected chi connectivity index (χ4v) is 4.54. The molecule has 3 aromatic rings. The number of rotatable bonds is 8. The lowest BCUT2D eigenvalue weighted by atomic mass is 10.1. The fraction of sp³-hybridized carbons (Fsp3) is 0.414. The molecule has 0 unspecified atom stereocenters. The maximum Gasteiger partial charge on any atom is 0.275 e. The number of aromatic nitrogens is 3. The minimum Gasteiger partial charge on any atom is -0.481 e. The topological polar surface area (TPSA) is 113 Å². The molecule has 39 heavy (non-hydrogen) atoms. The standard InChI is InChI=1S/C29H37N7O3/c1-18-7-8-24(31-13-18)25(17-36-10-9-30-21(4)16-36)39-23-12-19(2)26(32-15-23)28(37)34-27-20(3)11-22(14-33-27)29(38)35(5)6/h7-8,11-15,21,25,30H,9-10,16-17H2,1-6H3,(H,33,34,37)/t21-,25-/m1/s1. The molecular weight excluding hydrogens is 494 g/mol. The van der Waals surface area contributed by atoms with E-state index in [1.54, 1.807) is 33.3 Å². The molecule has 0 bridgehead atoms. The Hall–Kier alpha value is -3.89. The number of nitrogens with one attached hydrogen (secondary N) is 2. The van der Waals surface area contributed by atoms with E-state index in [1.807, 2.05) is 38.2 Å². The van der Waals surface area contributed by atoms with Crippen LogP contribution in [0.5, 0.6) is 5.75 Å². The van der Waals surface area contributed by atoms with E-state index in [-0.39, 0.29) is 23.6 Å². The number of aryl methyl sites for hydroxylation is 3.